The van der Waals surface area contributed by atoms with Crippen LogP contribution >= 0.6 is 0 Å². The van der Waals surface area contributed by atoms with Gasteiger partial charge in [-0.05, 0) is 98.2 Å². The monoisotopic (exact) mass is 484 g/mol. The van der Waals surface area contributed by atoms with E-state index in [4.69, 9.17) is 30.3 Å². The van der Waals surface area contributed by atoms with Gasteiger partial charge in [0, 0.05) is 12.7 Å². The molecule has 3 aromatic rings. The summed E-state index contributed by atoms with van der Waals surface area (Å²) < 4.78 is 5.37. The van der Waals surface area contributed by atoms with Gasteiger partial charge in [0.1, 0.15) is 12.0 Å². The first-order valence-electron chi connectivity index (χ1n) is 11.0. The molecule has 6 N–H and O–H groups in total. The number of aryl methyl sites for hydroxylation is 4. The van der Waals surface area contributed by atoms with Crippen LogP contribution in [0.4, 0.5) is 0 Å². The van der Waals surface area contributed by atoms with E-state index in [0.717, 1.165) is 37.0 Å². The molecular formula is C27H32O8. The van der Waals surface area contributed by atoms with E-state index in [-0.39, 0.29) is 17.1 Å². The van der Waals surface area contributed by atoms with Crippen molar-refractivity contribution in [3.05, 3.63) is 69.8 Å². The molecule has 0 heterocycles. The zero-order valence-corrected chi connectivity index (χ0v) is 20.2. The molecule has 8 heteroatoms. The molecule has 0 fully saturated rings. The second kappa shape index (κ2) is 12.0. The number of phenols is 6. The van der Waals surface area contributed by atoms with Gasteiger partial charge >= 0.3 is 0 Å². The molecule has 0 radical (unpaired) electrons. The average molecular weight is 485 g/mol. The Bertz CT molecular complexity index is 1140. The molecule has 0 aliphatic heterocycles. The van der Waals surface area contributed by atoms with Crippen molar-refractivity contribution in [2.24, 2.45) is 0 Å². The minimum atomic E-state index is -0.615. The number of aldehydes is 1. The topological polar surface area (TPSA) is 148 Å². The quantitative estimate of drug-likeness (QED) is 0.230. The van der Waals surface area contributed by atoms with Crippen LogP contribution in [0.2, 0.25) is 0 Å². The summed E-state index contributed by atoms with van der Waals surface area (Å²) in [6, 6.07) is 9.17. The third-order valence-corrected chi connectivity index (χ3v) is 5.70. The van der Waals surface area contributed by atoms with E-state index in [2.05, 4.69) is 6.92 Å². The predicted molar refractivity (Wildman–Crippen MR) is 132 cm³/mol. The lowest BCUT2D eigenvalue weighted by molar-refractivity contribution is 0.0909. The van der Waals surface area contributed by atoms with E-state index >= 15 is 0 Å². The fourth-order valence-electron chi connectivity index (χ4n) is 3.86. The Morgan fingerprint density at radius 1 is 0.800 bits per heavy atom. The van der Waals surface area contributed by atoms with Gasteiger partial charge in [-0.1, -0.05) is 6.07 Å². The summed E-state index contributed by atoms with van der Waals surface area (Å²) in [6.07, 6.45) is 3.87. The molecule has 188 valence electrons. The first kappa shape index (κ1) is 27.3. The number of hydrogen-bond acceptors (Lipinski definition) is 8. The summed E-state index contributed by atoms with van der Waals surface area (Å²) in [5, 5.41) is 54.1. The first-order chi connectivity index (χ1) is 16.5. The van der Waals surface area contributed by atoms with E-state index in [0.29, 0.717) is 23.7 Å². The van der Waals surface area contributed by atoms with Gasteiger partial charge in [-0.3, -0.25) is 4.79 Å². The maximum Gasteiger partial charge on any atom is 0.200 e. The molecule has 0 saturated carbocycles. The van der Waals surface area contributed by atoms with Crippen molar-refractivity contribution < 1.29 is 40.2 Å². The molecular weight excluding hydrogens is 452 g/mol. The van der Waals surface area contributed by atoms with Gasteiger partial charge in [0.25, 0.3) is 0 Å². The van der Waals surface area contributed by atoms with E-state index in [1.54, 1.807) is 14.0 Å². The first-order valence-corrected chi connectivity index (χ1v) is 11.0. The highest BCUT2D eigenvalue weighted by Gasteiger charge is 2.20. The number of aromatic hydroxyl groups is 6. The smallest absolute Gasteiger partial charge is 0.200 e. The molecule has 4 rings (SSSR count). The normalized spacial score (nSPS) is 14.0. The predicted octanol–water partition coefficient (Wildman–Crippen LogP) is 4.53. The van der Waals surface area contributed by atoms with Crippen molar-refractivity contribution in [3.63, 3.8) is 0 Å². The van der Waals surface area contributed by atoms with E-state index in [1.807, 2.05) is 25.1 Å². The summed E-state index contributed by atoms with van der Waals surface area (Å²) in [5.74, 6) is -1.31. The van der Waals surface area contributed by atoms with Gasteiger partial charge in [0.15, 0.2) is 28.7 Å². The molecule has 3 aromatic carbocycles. The molecule has 35 heavy (non-hydrogen) atoms. The highest BCUT2D eigenvalue weighted by atomic mass is 16.5. The van der Waals surface area contributed by atoms with Crippen LogP contribution in [0.3, 0.4) is 0 Å². The molecule has 0 aromatic heterocycles. The minimum absolute atomic E-state index is 0.0226. The van der Waals surface area contributed by atoms with Crippen LogP contribution in [0.15, 0.2) is 36.4 Å². The van der Waals surface area contributed by atoms with Crippen LogP contribution in [-0.2, 0) is 17.6 Å². The van der Waals surface area contributed by atoms with Crippen LogP contribution in [0.25, 0.3) is 0 Å². The van der Waals surface area contributed by atoms with E-state index < -0.39 is 17.2 Å². The minimum Gasteiger partial charge on any atom is -0.508 e. The summed E-state index contributed by atoms with van der Waals surface area (Å²) in [7, 11) is 1.77. The molecule has 1 aliphatic rings. The number of carbonyl (C=O) groups is 1. The van der Waals surface area contributed by atoms with E-state index in [9.17, 15) is 9.90 Å². The van der Waals surface area contributed by atoms with Crippen molar-refractivity contribution in [3.8, 4) is 34.5 Å². The fraction of sp³-hybridized carbons (Fsp3) is 0.296. The number of carbonyl (C=O) groups excluding carboxylic acids is 1. The van der Waals surface area contributed by atoms with Crippen molar-refractivity contribution >= 4 is 6.29 Å². The molecule has 0 unspecified atom stereocenters. The maximum atomic E-state index is 10.1. The molecule has 0 bridgehead atoms. The van der Waals surface area contributed by atoms with Gasteiger partial charge in [-0.15, -0.1) is 0 Å². The Morgan fingerprint density at radius 2 is 1.40 bits per heavy atom. The number of hydrogen-bond donors (Lipinski definition) is 6. The molecule has 0 spiro atoms. The molecule has 0 saturated heterocycles. The lowest BCUT2D eigenvalue weighted by Gasteiger charge is -2.25. The molecule has 0 amide bonds. The van der Waals surface area contributed by atoms with Gasteiger partial charge < -0.3 is 35.4 Å². The van der Waals surface area contributed by atoms with E-state index in [1.165, 1.54) is 22.8 Å². The van der Waals surface area contributed by atoms with Crippen LogP contribution in [0, 0.1) is 20.8 Å². The van der Waals surface area contributed by atoms with Crippen molar-refractivity contribution in [2.45, 2.75) is 46.1 Å². The van der Waals surface area contributed by atoms with Gasteiger partial charge in [-0.2, -0.15) is 0 Å². The number of methoxy groups -OCH3 is 1. The highest BCUT2D eigenvalue weighted by molar-refractivity contribution is 5.78. The second-order valence-corrected chi connectivity index (χ2v) is 8.48. The lowest BCUT2D eigenvalue weighted by atomic mass is 9.87. The van der Waals surface area contributed by atoms with Crippen LogP contribution in [-0.4, -0.2) is 50.1 Å². The van der Waals surface area contributed by atoms with Crippen molar-refractivity contribution in [1.29, 1.82) is 0 Å². The number of fused-ring (bicyclic) bond motifs is 1. The van der Waals surface area contributed by atoms with Crippen LogP contribution < -0.4 is 0 Å². The number of benzene rings is 3. The number of rotatable bonds is 2. The average Bonchev–Trinajstić information content (AvgIpc) is 2.81. The Hall–Kier alpha value is -3.91. The molecule has 8 nitrogen and oxygen atoms in total. The Kier molecular flexibility index (Phi) is 9.36. The second-order valence-electron chi connectivity index (χ2n) is 8.48. The fourth-order valence-corrected chi connectivity index (χ4v) is 3.86. The highest BCUT2D eigenvalue weighted by Crippen LogP contribution is 2.34. The third-order valence-electron chi connectivity index (χ3n) is 5.70. The maximum absolute atomic E-state index is 10.1. The SMILES string of the molecule is CO[C@H]1CCc2cc(O)cc(C)c2C1.Cc1cc(C)c(O)c(O)c1.O=Cc1cc(O)c(O)c(O)c1. The van der Waals surface area contributed by atoms with Gasteiger partial charge in [-0.25, -0.2) is 0 Å². The van der Waals surface area contributed by atoms with Crippen LogP contribution in [0.1, 0.15) is 44.6 Å². The Labute approximate surface area is 204 Å². The largest absolute Gasteiger partial charge is 0.508 e. The van der Waals surface area contributed by atoms with Crippen molar-refractivity contribution in [2.75, 3.05) is 7.11 Å². The number of phenolic OH excluding ortho intramolecular Hbond substituents is 6. The Balaban J connectivity index is 0.000000189. The summed E-state index contributed by atoms with van der Waals surface area (Å²) >= 11 is 0. The summed E-state index contributed by atoms with van der Waals surface area (Å²) in [6.45, 7) is 5.67. The zero-order chi connectivity index (χ0) is 26.3. The van der Waals surface area contributed by atoms with Crippen molar-refractivity contribution in [1.82, 2.24) is 0 Å². The summed E-state index contributed by atoms with van der Waals surface area (Å²) in [5.41, 5.74) is 5.60. The van der Waals surface area contributed by atoms with Gasteiger partial charge in [0.2, 0.25) is 0 Å². The van der Waals surface area contributed by atoms with Crippen LogP contribution in [0.5, 0.6) is 34.5 Å². The summed E-state index contributed by atoms with van der Waals surface area (Å²) in [4.78, 5) is 10.1. The third kappa shape index (κ3) is 7.28. The van der Waals surface area contributed by atoms with Gasteiger partial charge in [0.05, 0.1) is 6.10 Å². The standard InChI is InChI=1S/C12H16O2.C8H10O2.C7H6O4/c1-8-5-10(13)6-9-3-4-11(14-2)7-12(8)9;1-5-3-6(2)8(10)7(9)4-5;8-3-4-1-5(9)7(11)6(10)2-4/h5-6,11,13H,3-4,7H2,1-2H3;3-4,9-10H,1-2H3;1-3,9-11H/t11-;;/m0../s1. The molecule has 1 aliphatic carbocycles. The lowest BCUT2D eigenvalue weighted by Crippen LogP contribution is -2.21. The Morgan fingerprint density at radius 3 is 1.94 bits per heavy atom. The molecule has 1 atom stereocenters. The zero-order valence-electron chi connectivity index (χ0n) is 20.2. The number of ether oxygens (including phenoxy) is 1.